The van der Waals surface area contributed by atoms with Gasteiger partial charge in [-0.15, -0.1) is 0 Å². The number of hydrogen-bond acceptors (Lipinski definition) is 5. The number of aromatic nitrogens is 4. The zero-order chi connectivity index (χ0) is 28.6. The summed E-state index contributed by atoms with van der Waals surface area (Å²) in [5.41, 5.74) is 5.06. The van der Waals surface area contributed by atoms with Crippen LogP contribution < -0.4 is 5.69 Å². The lowest BCUT2D eigenvalue weighted by Crippen LogP contribution is -2.21. The zero-order valence-corrected chi connectivity index (χ0v) is 22.9. The average Bonchev–Trinajstić information content (AvgIpc) is 3.19. The molecule has 202 valence electrons. The van der Waals surface area contributed by atoms with Gasteiger partial charge in [0.1, 0.15) is 5.82 Å². The third-order valence-corrected chi connectivity index (χ3v) is 7.52. The Kier molecular flexibility index (Phi) is 7.24. The van der Waals surface area contributed by atoms with Gasteiger partial charge in [0.15, 0.2) is 0 Å². The van der Waals surface area contributed by atoms with Crippen LogP contribution in [-0.4, -0.2) is 32.1 Å². The lowest BCUT2D eigenvalue weighted by atomic mass is 10.0. The zero-order valence-electron chi connectivity index (χ0n) is 21.3. The summed E-state index contributed by atoms with van der Waals surface area (Å²) in [6, 6.07) is 19.7. The van der Waals surface area contributed by atoms with Crippen molar-refractivity contribution in [3.05, 3.63) is 118 Å². The lowest BCUT2D eigenvalue weighted by Gasteiger charge is -2.09. The molecule has 0 aliphatic carbocycles. The first kappa shape index (κ1) is 27.2. The fourth-order valence-electron chi connectivity index (χ4n) is 4.31. The first-order chi connectivity index (χ1) is 19.0. The molecule has 0 atom stereocenters. The molecule has 0 aliphatic heterocycles. The van der Waals surface area contributed by atoms with Crippen molar-refractivity contribution < 1.29 is 17.4 Å². The topological polar surface area (TPSA) is 107 Å². The predicted octanol–water partition coefficient (Wildman–Crippen LogP) is 5.97. The number of nitrogens with zero attached hydrogens (tertiary/aromatic N) is 4. The van der Waals surface area contributed by atoms with Gasteiger partial charge in [0, 0.05) is 30.4 Å². The maximum atomic E-state index is 13.6. The second kappa shape index (κ2) is 10.6. The van der Waals surface area contributed by atoms with E-state index in [1.165, 1.54) is 39.5 Å². The summed E-state index contributed by atoms with van der Waals surface area (Å²) in [7, 11) is -2.34. The van der Waals surface area contributed by atoms with Gasteiger partial charge in [-0.2, -0.15) is 8.42 Å². The number of pyridine rings is 2. The van der Waals surface area contributed by atoms with Crippen molar-refractivity contribution in [2.45, 2.75) is 11.8 Å². The molecule has 0 bridgehead atoms. The number of benzene rings is 3. The van der Waals surface area contributed by atoms with Crippen molar-refractivity contribution in [1.29, 1.82) is 0 Å². The molecule has 0 fully saturated rings. The largest absolute Gasteiger partial charge is 0.333 e. The number of imidazole rings is 1. The average molecular weight is 577 g/mol. The standard InChI is InChI=1S/C22H14ClFN4O.C7H8O3S/c1-27-20-12-26-18-6-4-13(14-3-2-8-25-11-14)9-16(18)21(20)28(22(27)29)19-7-5-15(24)10-17(19)23;1-6-2-4-7(5-3-6)11(8,9)10/h2-12H,1H3;2-5H,1H3,(H,8,9,10). The Bertz CT molecular complexity index is 2040. The van der Waals surface area contributed by atoms with Gasteiger partial charge in [-0.1, -0.05) is 41.4 Å². The molecule has 0 radical (unpaired) electrons. The summed E-state index contributed by atoms with van der Waals surface area (Å²) in [6.45, 7) is 1.84. The molecule has 0 aliphatic rings. The molecule has 3 aromatic carbocycles. The normalized spacial score (nSPS) is 11.4. The van der Waals surface area contributed by atoms with E-state index in [1.54, 1.807) is 37.8 Å². The number of fused-ring (bicyclic) bond motifs is 3. The molecule has 6 rings (SSSR count). The van der Waals surface area contributed by atoms with E-state index >= 15 is 0 Å². The van der Waals surface area contributed by atoms with Crippen LogP contribution in [-0.2, 0) is 17.2 Å². The molecule has 40 heavy (non-hydrogen) atoms. The van der Waals surface area contributed by atoms with Crippen molar-refractivity contribution in [2.75, 3.05) is 0 Å². The van der Waals surface area contributed by atoms with Crippen molar-refractivity contribution in [3.63, 3.8) is 0 Å². The van der Waals surface area contributed by atoms with E-state index in [0.29, 0.717) is 16.7 Å². The minimum Gasteiger partial charge on any atom is -0.293 e. The Morgan fingerprint density at radius 2 is 1.70 bits per heavy atom. The third-order valence-electron chi connectivity index (χ3n) is 6.35. The molecule has 0 spiro atoms. The summed E-state index contributed by atoms with van der Waals surface area (Å²) < 4.78 is 46.2. The van der Waals surface area contributed by atoms with Crippen molar-refractivity contribution in [1.82, 2.24) is 19.1 Å². The maximum Gasteiger partial charge on any atom is 0.333 e. The van der Waals surface area contributed by atoms with Gasteiger partial charge in [-0.25, -0.2) is 9.18 Å². The van der Waals surface area contributed by atoms with Gasteiger partial charge in [0.2, 0.25) is 0 Å². The fourth-order valence-corrected chi connectivity index (χ4v) is 5.04. The van der Waals surface area contributed by atoms with Crippen LogP contribution in [0.1, 0.15) is 5.56 Å². The Labute approximate surface area is 233 Å². The summed E-state index contributed by atoms with van der Waals surface area (Å²) in [5, 5.41) is 0.954. The van der Waals surface area contributed by atoms with Crippen LogP contribution in [0.4, 0.5) is 4.39 Å². The molecule has 0 unspecified atom stereocenters. The summed E-state index contributed by atoms with van der Waals surface area (Å²) in [5.74, 6) is -0.461. The van der Waals surface area contributed by atoms with E-state index in [1.807, 2.05) is 37.3 Å². The van der Waals surface area contributed by atoms with Gasteiger partial charge in [0.05, 0.1) is 38.4 Å². The molecule has 0 saturated heterocycles. The molecule has 0 amide bonds. The van der Waals surface area contributed by atoms with Crippen LogP contribution in [0.5, 0.6) is 0 Å². The molecule has 8 nitrogen and oxygen atoms in total. The maximum absolute atomic E-state index is 13.6. The number of hydrogen-bond donors (Lipinski definition) is 1. The summed E-state index contributed by atoms with van der Waals surface area (Å²) in [6.07, 6.45) is 5.16. The van der Waals surface area contributed by atoms with Crippen LogP contribution >= 0.6 is 11.6 Å². The lowest BCUT2D eigenvalue weighted by molar-refractivity contribution is 0.483. The molecular weight excluding hydrogens is 555 g/mol. The summed E-state index contributed by atoms with van der Waals surface area (Å²) >= 11 is 6.29. The number of aryl methyl sites for hydroxylation is 2. The third kappa shape index (κ3) is 5.24. The van der Waals surface area contributed by atoms with Gasteiger partial charge in [-0.05, 0) is 61.0 Å². The highest BCUT2D eigenvalue weighted by Crippen LogP contribution is 2.31. The molecule has 1 N–H and O–H groups in total. The monoisotopic (exact) mass is 576 g/mol. The van der Waals surface area contributed by atoms with Crippen molar-refractivity contribution in [2.24, 2.45) is 7.05 Å². The number of rotatable bonds is 3. The molecular formula is C29H22ClFN4O4S. The highest BCUT2D eigenvalue weighted by molar-refractivity contribution is 7.85. The quantitative estimate of drug-likeness (QED) is 0.260. The first-order valence-electron chi connectivity index (χ1n) is 11.9. The predicted molar refractivity (Wildman–Crippen MR) is 153 cm³/mol. The SMILES string of the molecule is Cc1ccc(S(=O)(=O)O)cc1.Cn1c(=O)n(-c2ccc(F)cc2Cl)c2c3cc(-c4cccnc4)ccc3ncc21. The Balaban J connectivity index is 0.000000248. The first-order valence-corrected chi connectivity index (χ1v) is 13.8. The van der Waals surface area contributed by atoms with Crippen LogP contribution in [0, 0.1) is 12.7 Å². The molecule has 6 aromatic rings. The Morgan fingerprint density at radius 1 is 0.950 bits per heavy atom. The van der Waals surface area contributed by atoms with Crippen molar-refractivity contribution >= 4 is 43.7 Å². The van der Waals surface area contributed by atoms with E-state index in [4.69, 9.17) is 16.2 Å². The van der Waals surface area contributed by atoms with E-state index in [-0.39, 0.29) is 15.6 Å². The molecule has 11 heteroatoms. The second-order valence-corrected chi connectivity index (χ2v) is 10.9. The van der Waals surface area contributed by atoms with Crippen LogP contribution in [0.2, 0.25) is 5.02 Å². The van der Waals surface area contributed by atoms with Crippen LogP contribution in [0.3, 0.4) is 0 Å². The van der Waals surface area contributed by atoms with Crippen LogP contribution in [0.15, 0.2) is 101 Å². The highest BCUT2D eigenvalue weighted by atomic mass is 35.5. The molecule has 0 saturated carbocycles. The summed E-state index contributed by atoms with van der Waals surface area (Å²) in [4.78, 5) is 21.7. The van der Waals surface area contributed by atoms with E-state index in [9.17, 15) is 17.6 Å². The highest BCUT2D eigenvalue weighted by Gasteiger charge is 2.18. The fraction of sp³-hybridized carbons (Fsp3) is 0.0690. The van der Waals surface area contributed by atoms with Gasteiger partial charge in [0.25, 0.3) is 10.1 Å². The molecule has 3 heterocycles. The van der Waals surface area contributed by atoms with Crippen molar-refractivity contribution in [3.8, 4) is 16.8 Å². The number of halogens is 2. The minimum atomic E-state index is -4.02. The van der Waals surface area contributed by atoms with Gasteiger partial charge < -0.3 is 0 Å². The second-order valence-electron chi connectivity index (χ2n) is 9.03. The van der Waals surface area contributed by atoms with E-state index in [2.05, 4.69) is 9.97 Å². The van der Waals surface area contributed by atoms with Crippen LogP contribution in [0.25, 0.3) is 38.8 Å². The Morgan fingerprint density at radius 3 is 2.35 bits per heavy atom. The van der Waals surface area contributed by atoms with Gasteiger partial charge in [-0.3, -0.25) is 23.7 Å². The molecule has 3 aromatic heterocycles. The van der Waals surface area contributed by atoms with Gasteiger partial charge >= 0.3 is 5.69 Å². The Hall–Kier alpha value is -4.38. The van der Waals surface area contributed by atoms with E-state index in [0.717, 1.165) is 27.6 Å². The smallest absolute Gasteiger partial charge is 0.293 e. The van der Waals surface area contributed by atoms with E-state index < -0.39 is 15.9 Å². The minimum absolute atomic E-state index is 0.0666.